The first-order valence-corrected chi connectivity index (χ1v) is 12.3. The number of carbonyl (C=O) groups excluding carboxylic acids is 1. The van der Waals surface area contributed by atoms with E-state index in [1.54, 1.807) is 13.0 Å². The normalized spacial score (nSPS) is 14.6. The van der Waals surface area contributed by atoms with Gasteiger partial charge in [-0.3, -0.25) is 9.59 Å². The highest BCUT2D eigenvalue weighted by Crippen LogP contribution is 3.02. The van der Waals surface area contributed by atoms with Crippen LogP contribution in [-0.2, 0) is 6.42 Å². The molecule has 3 aromatic rings. The number of hydrogen-bond donors (Lipinski definition) is 1. The Labute approximate surface area is 196 Å². The van der Waals surface area contributed by atoms with E-state index in [4.69, 9.17) is 4.74 Å². The van der Waals surface area contributed by atoms with Gasteiger partial charge in [-0.2, -0.15) is 0 Å². The van der Waals surface area contributed by atoms with Crippen LogP contribution in [0, 0.1) is 5.82 Å². The number of benzene rings is 2. The minimum atomic E-state index is -9.80. The van der Waals surface area contributed by atoms with Gasteiger partial charge in [0.1, 0.15) is 16.4 Å². The van der Waals surface area contributed by atoms with E-state index in [0.717, 1.165) is 18.2 Å². The minimum absolute atomic E-state index is 0.0182. The number of rotatable bonds is 9. The van der Waals surface area contributed by atoms with Crippen molar-refractivity contribution in [2.24, 2.45) is 0 Å². The Morgan fingerprint density at radius 3 is 2.26 bits per heavy atom. The molecule has 0 spiro atoms. The molecule has 0 unspecified atom stereocenters. The molecule has 0 fully saturated rings. The highest BCUT2D eigenvalue weighted by Gasteiger charge is 2.65. The number of methoxy groups -OCH3 is 1. The van der Waals surface area contributed by atoms with Crippen molar-refractivity contribution < 1.29 is 33.4 Å². The van der Waals surface area contributed by atoms with Gasteiger partial charge >= 0.3 is 10.2 Å². The predicted octanol–water partition coefficient (Wildman–Crippen LogP) is 6.93. The molecule has 2 aromatic carbocycles. The first-order valence-electron chi connectivity index (χ1n) is 10.4. The maximum atomic E-state index is 13.9. The summed E-state index contributed by atoms with van der Waals surface area (Å²) in [7, 11) is -8.48. The molecule has 1 atom stereocenters. The highest BCUT2D eigenvalue weighted by atomic mass is 32.5. The van der Waals surface area contributed by atoms with Crippen LogP contribution in [0.5, 0.6) is 5.75 Å². The molecule has 35 heavy (non-hydrogen) atoms. The van der Waals surface area contributed by atoms with E-state index >= 15 is 0 Å². The van der Waals surface area contributed by atoms with Crippen LogP contribution in [0.15, 0.2) is 58.2 Å². The number of carbonyl (C=O) groups is 1. The van der Waals surface area contributed by atoms with Gasteiger partial charge in [0.05, 0.1) is 7.11 Å². The third-order valence-corrected chi connectivity index (χ3v) is 6.55. The van der Waals surface area contributed by atoms with Crippen LogP contribution < -0.4 is 10.3 Å². The Balaban J connectivity index is 1.80. The number of nitrogens with zero attached hydrogens (tertiary/aromatic N) is 1. The number of nitrogens with one attached hydrogen (secondary N) is 1. The Morgan fingerprint density at radius 1 is 1.06 bits per heavy atom. The third-order valence-electron chi connectivity index (χ3n) is 5.39. The van der Waals surface area contributed by atoms with E-state index in [1.165, 1.54) is 19.2 Å². The fraction of sp³-hybridized carbons (Fsp3) is 0.261. The summed E-state index contributed by atoms with van der Waals surface area (Å²) < 4.78 is 83.6. The summed E-state index contributed by atoms with van der Waals surface area (Å²) in [4.78, 5) is 29.5. The molecule has 0 saturated heterocycles. The van der Waals surface area contributed by atoms with Gasteiger partial charge in [-0.15, -0.1) is 0 Å². The molecule has 190 valence electrons. The minimum Gasteiger partial charge on any atom is -0.494 e. The van der Waals surface area contributed by atoms with Crippen molar-refractivity contribution in [3.63, 3.8) is 0 Å². The monoisotopic (exact) mass is 520 g/mol. The Hall–Kier alpha value is -3.28. The number of aromatic amines is 1. The zero-order valence-electron chi connectivity index (χ0n) is 18.7. The standard InChI is InChI=1S/C23H22F6N2O3S/c1-3-15(16-5-7-17(8-6-16)35(25,26,27,28)29)12-20(32)19-13-23(33)31-22(30-19)11-14-4-9-21(34-2)18(24)10-14/h4-10,13,15H,3,11-12H2,1-2H3,(H,30,31,33)/t15-/m0/s1. The van der Waals surface area contributed by atoms with E-state index in [2.05, 4.69) is 9.97 Å². The summed E-state index contributed by atoms with van der Waals surface area (Å²) >= 11 is 0. The summed E-state index contributed by atoms with van der Waals surface area (Å²) in [5.74, 6) is -1.60. The first kappa shape index (κ1) is 26.3. The summed E-state index contributed by atoms with van der Waals surface area (Å²) in [5, 5.41) is 0. The molecule has 0 radical (unpaired) electrons. The zero-order valence-corrected chi connectivity index (χ0v) is 19.5. The van der Waals surface area contributed by atoms with Gasteiger partial charge in [0.25, 0.3) is 5.56 Å². The molecule has 1 N–H and O–H groups in total. The van der Waals surface area contributed by atoms with Gasteiger partial charge < -0.3 is 9.72 Å². The van der Waals surface area contributed by atoms with Crippen LogP contribution in [0.2, 0.25) is 0 Å². The summed E-state index contributed by atoms with van der Waals surface area (Å²) in [6.07, 6.45) is 0.131. The average molecular weight is 520 g/mol. The van der Waals surface area contributed by atoms with E-state index in [1.807, 2.05) is 0 Å². The topological polar surface area (TPSA) is 72.0 Å². The number of ketones is 1. The number of H-pyrrole nitrogens is 1. The number of halogens is 6. The van der Waals surface area contributed by atoms with Gasteiger partial charge in [0.15, 0.2) is 17.3 Å². The number of aromatic nitrogens is 2. The average Bonchev–Trinajstić information content (AvgIpc) is 2.75. The summed E-state index contributed by atoms with van der Waals surface area (Å²) in [5.41, 5.74) is -0.0443. The molecule has 5 nitrogen and oxygen atoms in total. The quantitative estimate of drug-likeness (QED) is 0.245. The van der Waals surface area contributed by atoms with Gasteiger partial charge in [-0.25, -0.2) is 9.37 Å². The second-order valence-electron chi connectivity index (χ2n) is 7.99. The van der Waals surface area contributed by atoms with E-state index in [-0.39, 0.29) is 35.7 Å². The lowest BCUT2D eigenvalue weighted by Crippen LogP contribution is -2.17. The lowest BCUT2D eigenvalue weighted by atomic mass is 9.90. The van der Waals surface area contributed by atoms with Crippen molar-refractivity contribution in [3.8, 4) is 5.75 Å². The van der Waals surface area contributed by atoms with Crippen LogP contribution in [-0.4, -0.2) is 22.9 Å². The Kier molecular flexibility index (Phi) is 6.57. The summed E-state index contributed by atoms with van der Waals surface area (Å²) in [6.45, 7) is 1.69. The molecule has 1 aromatic heterocycles. The molecule has 0 amide bonds. The van der Waals surface area contributed by atoms with Crippen molar-refractivity contribution in [1.82, 2.24) is 9.97 Å². The van der Waals surface area contributed by atoms with Crippen LogP contribution in [0.3, 0.4) is 0 Å². The maximum absolute atomic E-state index is 13.9. The second kappa shape index (κ2) is 8.74. The fourth-order valence-electron chi connectivity index (χ4n) is 3.57. The molecule has 0 aliphatic carbocycles. The van der Waals surface area contributed by atoms with Crippen LogP contribution >= 0.6 is 10.2 Å². The summed E-state index contributed by atoms with van der Waals surface area (Å²) in [6, 6.07) is 7.63. The SMILES string of the molecule is CC[C@@H](CC(=O)c1cc(=O)[nH]c(Cc2ccc(OC)c(F)c2)n1)c1ccc(S(F)(F)(F)(F)F)cc1. The second-order valence-corrected chi connectivity index (χ2v) is 10.4. The number of Topliss-reactive ketones (excluding diaryl/α,β-unsaturated/α-hetero) is 1. The number of ether oxygens (including phenoxy) is 1. The molecular weight excluding hydrogens is 498 g/mol. The molecule has 12 heteroatoms. The predicted molar refractivity (Wildman–Crippen MR) is 120 cm³/mol. The highest BCUT2D eigenvalue weighted by molar-refractivity contribution is 8.45. The van der Waals surface area contributed by atoms with Crippen LogP contribution in [0.25, 0.3) is 0 Å². The molecule has 0 bridgehead atoms. The van der Waals surface area contributed by atoms with E-state index in [9.17, 15) is 33.4 Å². The Bertz CT molecular complexity index is 1310. The van der Waals surface area contributed by atoms with Gasteiger partial charge in [0, 0.05) is 18.9 Å². The Morgan fingerprint density at radius 2 is 1.71 bits per heavy atom. The molecule has 0 aliphatic rings. The lowest BCUT2D eigenvalue weighted by molar-refractivity contribution is 0.0967. The van der Waals surface area contributed by atoms with Crippen LogP contribution in [0.1, 0.15) is 53.1 Å². The maximum Gasteiger partial charge on any atom is 0.310 e. The van der Waals surface area contributed by atoms with Gasteiger partial charge in [0.2, 0.25) is 0 Å². The van der Waals surface area contributed by atoms with Gasteiger partial charge in [-0.1, -0.05) is 44.6 Å². The van der Waals surface area contributed by atoms with E-state index < -0.39 is 38.2 Å². The smallest absolute Gasteiger partial charge is 0.310 e. The molecule has 0 aliphatic heterocycles. The van der Waals surface area contributed by atoms with Crippen molar-refractivity contribution in [1.29, 1.82) is 0 Å². The van der Waals surface area contributed by atoms with Gasteiger partial charge in [-0.05, 0) is 47.7 Å². The fourth-order valence-corrected chi connectivity index (χ4v) is 4.22. The first-order chi connectivity index (χ1) is 16.1. The zero-order chi connectivity index (χ0) is 26.1. The number of hydrogen-bond acceptors (Lipinski definition) is 4. The lowest BCUT2D eigenvalue weighted by Gasteiger charge is -2.40. The van der Waals surface area contributed by atoms with Crippen molar-refractivity contribution in [3.05, 3.63) is 87.3 Å². The van der Waals surface area contributed by atoms with E-state index in [0.29, 0.717) is 24.1 Å². The molecule has 3 rings (SSSR count). The third kappa shape index (κ3) is 6.65. The molecule has 1 heterocycles. The molecular formula is C23H22F6N2O3S. The van der Waals surface area contributed by atoms with Crippen molar-refractivity contribution in [2.75, 3.05) is 7.11 Å². The van der Waals surface area contributed by atoms with Crippen LogP contribution in [0.4, 0.5) is 23.8 Å². The van der Waals surface area contributed by atoms with Crippen molar-refractivity contribution in [2.45, 2.75) is 37.0 Å². The largest absolute Gasteiger partial charge is 0.494 e. The van der Waals surface area contributed by atoms with Crippen molar-refractivity contribution >= 4 is 16.0 Å². The molecule has 0 saturated carbocycles.